The Labute approximate surface area is 241 Å². The van der Waals surface area contributed by atoms with Gasteiger partial charge in [-0.05, 0) is 53.9 Å². The van der Waals surface area contributed by atoms with E-state index in [0.29, 0.717) is 56.5 Å². The predicted octanol–water partition coefficient (Wildman–Crippen LogP) is 8.49. The van der Waals surface area contributed by atoms with Crippen molar-refractivity contribution >= 4 is 41.3 Å². The molecule has 2 atom stereocenters. The van der Waals surface area contributed by atoms with Crippen molar-refractivity contribution in [3.05, 3.63) is 98.2 Å². The van der Waals surface area contributed by atoms with Crippen molar-refractivity contribution in [2.24, 2.45) is 0 Å². The molecule has 0 saturated heterocycles. The summed E-state index contributed by atoms with van der Waals surface area (Å²) >= 11 is 19.6. The Morgan fingerprint density at radius 2 is 1.77 bits per heavy atom. The number of rotatable bonds is 9. The average molecular weight is 582 g/mol. The van der Waals surface area contributed by atoms with Crippen molar-refractivity contribution in [1.82, 2.24) is 5.16 Å². The van der Waals surface area contributed by atoms with E-state index in [1.165, 1.54) is 0 Å². The minimum atomic E-state index is -0.691. The third kappa shape index (κ3) is 5.10. The third-order valence-electron chi connectivity index (χ3n) is 6.99. The Morgan fingerprint density at radius 3 is 2.38 bits per heavy atom. The molecule has 0 radical (unpaired) electrons. The molecule has 1 saturated carbocycles. The first-order valence-electron chi connectivity index (χ1n) is 12.3. The zero-order chi connectivity index (χ0) is 27.7. The number of nitriles is 1. The van der Waals surface area contributed by atoms with E-state index in [-0.39, 0.29) is 18.4 Å². The molecule has 1 heterocycles. The van der Waals surface area contributed by atoms with Gasteiger partial charge in [-0.2, -0.15) is 5.26 Å². The van der Waals surface area contributed by atoms with Gasteiger partial charge in [-0.1, -0.05) is 78.1 Å². The molecule has 0 N–H and O–H groups in total. The van der Waals surface area contributed by atoms with Crippen molar-refractivity contribution in [2.45, 2.75) is 44.1 Å². The van der Waals surface area contributed by atoms with Gasteiger partial charge < -0.3 is 14.0 Å². The fourth-order valence-electron chi connectivity index (χ4n) is 4.90. The SMILES string of the molecule is CC(C)c1onc(-c2c(Cl)cccc2Cl)c1COc1ccc(C2CC2(C#N)c2ccc(OC=O)cc2)c(Cl)c1. The molecule has 198 valence electrons. The van der Waals surface area contributed by atoms with Gasteiger partial charge in [-0.3, -0.25) is 4.79 Å². The molecular formula is C30H23Cl3N2O4. The molecule has 39 heavy (non-hydrogen) atoms. The van der Waals surface area contributed by atoms with Crippen molar-refractivity contribution in [3.8, 4) is 28.8 Å². The van der Waals surface area contributed by atoms with Crippen LogP contribution in [0.2, 0.25) is 15.1 Å². The van der Waals surface area contributed by atoms with Crippen molar-refractivity contribution < 1.29 is 18.8 Å². The highest BCUT2D eigenvalue weighted by atomic mass is 35.5. The summed E-state index contributed by atoms with van der Waals surface area (Å²) in [6.45, 7) is 4.56. The standard InChI is InChI=1S/C30H23Cl3N2O4/c1-17(2)29-22(28(35-39-29)27-24(31)4-3-5-25(27)32)14-37-20-10-11-21(26(33)12-20)23-13-30(23,15-34)18-6-8-19(9-7-18)38-16-36/h3-12,16-17,23H,13-14H2,1-2H3. The molecule has 0 aliphatic heterocycles. The van der Waals surface area contributed by atoms with Crippen LogP contribution in [0.1, 0.15) is 54.6 Å². The molecule has 2 unspecified atom stereocenters. The van der Waals surface area contributed by atoms with Gasteiger partial charge in [0.15, 0.2) is 0 Å². The largest absolute Gasteiger partial charge is 0.489 e. The van der Waals surface area contributed by atoms with E-state index in [2.05, 4.69) is 11.2 Å². The van der Waals surface area contributed by atoms with E-state index < -0.39 is 5.41 Å². The van der Waals surface area contributed by atoms with E-state index >= 15 is 0 Å². The normalized spacial score (nSPS) is 18.0. The van der Waals surface area contributed by atoms with Crippen molar-refractivity contribution in [3.63, 3.8) is 0 Å². The fourth-order valence-corrected chi connectivity index (χ4v) is 5.78. The Balaban J connectivity index is 1.37. The molecule has 6 nitrogen and oxygen atoms in total. The maximum atomic E-state index is 10.6. The summed E-state index contributed by atoms with van der Waals surface area (Å²) in [5.41, 5.74) is 2.92. The average Bonchev–Trinajstić information content (AvgIpc) is 3.51. The highest BCUT2D eigenvalue weighted by molar-refractivity contribution is 6.39. The first-order chi connectivity index (χ1) is 18.8. The summed E-state index contributed by atoms with van der Waals surface area (Å²) in [6.07, 6.45) is 0.637. The molecule has 4 aromatic rings. The summed E-state index contributed by atoms with van der Waals surface area (Å²) in [5, 5.41) is 15.8. The summed E-state index contributed by atoms with van der Waals surface area (Å²) < 4.78 is 16.7. The van der Waals surface area contributed by atoms with E-state index in [0.717, 1.165) is 16.7 Å². The zero-order valence-corrected chi connectivity index (χ0v) is 23.3. The second-order valence-electron chi connectivity index (χ2n) is 9.68. The van der Waals surface area contributed by atoms with Crippen molar-refractivity contribution in [1.29, 1.82) is 5.26 Å². The fraction of sp³-hybridized carbons (Fsp3) is 0.233. The number of hydrogen-bond acceptors (Lipinski definition) is 6. The summed E-state index contributed by atoms with van der Waals surface area (Å²) in [4.78, 5) is 10.6. The van der Waals surface area contributed by atoms with Crippen LogP contribution in [0.5, 0.6) is 11.5 Å². The molecule has 1 aromatic heterocycles. The number of halogens is 3. The number of hydrogen-bond donors (Lipinski definition) is 0. The van der Waals surface area contributed by atoms with Gasteiger partial charge in [-0.25, -0.2) is 0 Å². The van der Waals surface area contributed by atoms with E-state index in [9.17, 15) is 10.1 Å². The lowest BCUT2D eigenvalue weighted by Crippen LogP contribution is -2.07. The third-order valence-corrected chi connectivity index (χ3v) is 7.94. The monoisotopic (exact) mass is 580 g/mol. The van der Waals surface area contributed by atoms with Crippen molar-refractivity contribution in [2.75, 3.05) is 0 Å². The topological polar surface area (TPSA) is 85.3 Å². The van der Waals surface area contributed by atoms with Crippen LogP contribution in [0.25, 0.3) is 11.3 Å². The number of aromatic nitrogens is 1. The number of carbonyl (C=O) groups excluding carboxylic acids is 1. The van der Waals surface area contributed by atoms with Gasteiger partial charge in [-0.15, -0.1) is 0 Å². The Bertz CT molecular complexity index is 1560. The van der Waals surface area contributed by atoms with Crippen LogP contribution in [-0.2, 0) is 16.8 Å². The Morgan fingerprint density at radius 1 is 1.08 bits per heavy atom. The lowest BCUT2D eigenvalue weighted by atomic mass is 9.92. The van der Waals surface area contributed by atoms with E-state index in [4.69, 9.17) is 48.8 Å². The maximum Gasteiger partial charge on any atom is 0.298 e. The quantitative estimate of drug-likeness (QED) is 0.184. The second kappa shape index (κ2) is 10.9. The highest BCUT2D eigenvalue weighted by Gasteiger charge is 2.57. The number of benzene rings is 3. The molecule has 1 aliphatic rings. The molecule has 1 fully saturated rings. The number of nitrogens with zero attached hydrogens (tertiary/aromatic N) is 2. The van der Waals surface area contributed by atoms with Gasteiger partial charge >= 0.3 is 0 Å². The number of ether oxygens (including phenoxy) is 2. The van der Waals surface area contributed by atoms with Gasteiger partial charge in [0.05, 0.1) is 27.1 Å². The lowest BCUT2D eigenvalue weighted by molar-refractivity contribution is -0.120. The van der Waals surface area contributed by atoms with Crippen LogP contribution in [-0.4, -0.2) is 11.6 Å². The molecule has 9 heteroatoms. The Hall–Kier alpha value is -3.50. The molecule has 0 spiro atoms. The molecular weight excluding hydrogens is 559 g/mol. The van der Waals surface area contributed by atoms with Gasteiger partial charge in [0.25, 0.3) is 6.47 Å². The molecule has 5 rings (SSSR count). The predicted molar refractivity (Wildman–Crippen MR) is 150 cm³/mol. The summed E-state index contributed by atoms with van der Waals surface area (Å²) in [7, 11) is 0. The van der Waals surface area contributed by atoms with Crippen LogP contribution in [0, 0.1) is 11.3 Å². The smallest absolute Gasteiger partial charge is 0.298 e. The zero-order valence-electron chi connectivity index (χ0n) is 21.1. The summed E-state index contributed by atoms with van der Waals surface area (Å²) in [5.74, 6) is 1.66. The lowest BCUT2D eigenvalue weighted by Gasteiger charge is -2.13. The highest BCUT2D eigenvalue weighted by Crippen LogP contribution is 2.61. The minimum absolute atomic E-state index is 0.0603. The van der Waals surface area contributed by atoms with Crippen LogP contribution >= 0.6 is 34.8 Å². The number of carbonyl (C=O) groups is 1. The van der Waals surface area contributed by atoms with Gasteiger partial charge in [0, 0.05) is 22.4 Å². The van der Waals surface area contributed by atoms with Gasteiger partial charge in [0.2, 0.25) is 0 Å². The summed E-state index contributed by atoms with van der Waals surface area (Å²) in [6, 6.07) is 20.2. The van der Waals surface area contributed by atoms with E-state index in [1.54, 1.807) is 36.4 Å². The van der Waals surface area contributed by atoms with Crippen LogP contribution in [0.3, 0.4) is 0 Å². The van der Waals surface area contributed by atoms with E-state index in [1.807, 2.05) is 38.1 Å². The van der Waals surface area contributed by atoms with Crippen LogP contribution < -0.4 is 9.47 Å². The molecule has 0 amide bonds. The molecule has 0 bridgehead atoms. The first kappa shape index (κ1) is 27.1. The van der Waals surface area contributed by atoms with Crippen LogP contribution in [0.15, 0.2) is 65.2 Å². The second-order valence-corrected chi connectivity index (χ2v) is 10.9. The molecule has 1 aliphatic carbocycles. The first-order valence-corrected chi connectivity index (χ1v) is 13.4. The Kier molecular flexibility index (Phi) is 7.59. The molecule has 3 aromatic carbocycles. The van der Waals surface area contributed by atoms with Gasteiger partial charge in [0.1, 0.15) is 29.6 Å². The maximum absolute atomic E-state index is 10.6. The van der Waals surface area contributed by atoms with Crippen LogP contribution in [0.4, 0.5) is 0 Å². The minimum Gasteiger partial charge on any atom is -0.489 e.